The number of anilines is 1. The average Bonchev–Trinajstić information content (AvgIpc) is 2.49. The van der Waals surface area contributed by atoms with Gasteiger partial charge in [-0.1, -0.05) is 18.2 Å². The molecule has 2 aromatic carbocycles. The van der Waals surface area contributed by atoms with Crippen molar-refractivity contribution in [2.75, 3.05) is 11.9 Å². The van der Waals surface area contributed by atoms with Crippen molar-refractivity contribution in [3.63, 3.8) is 0 Å². The molecule has 0 aliphatic carbocycles. The highest BCUT2D eigenvalue weighted by Gasteiger charge is 2.13. The third-order valence-electron chi connectivity index (χ3n) is 3.06. The highest BCUT2D eigenvalue weighted by atomic mass is 19.1. The molecule has 0 unspecified atom stereocenters. The summed E-state index contributed by atoms with van der Waals surface area (Å²) in [6.07, 6.45) is 0.00315. The molecular weight excluding hydrogens is 255 g/mol. The van der Waals surface area contributed by atoms with Crippen LogP contribution in [0.1, 0.15) is 11.1 Å². The van der Waals surface area contributed by atoms with Gasteiger partial charge in [0.1, 0.15) is 5.82 Å². The second-order valence-corrected chi connectivity index (χ2v) is 4.38. The predicted octanol–water partition coefficient (Wildman–Crippen LogP) is 2.90. The Labute approximate surface area is 116 Å². The number of amides is 1. The van der Waals surface area contributed by atoms with Crippen LogP contribution < -0.4 is 4.90 Å². The zero-order valence-corrected chi connectivity index (χ0v) is 11.0. The quantitative estimate of drug-likeness (QED) is 0.859. The fourth-order valence-electron chi connectivity index (χ4n) is 1.83. The van der Waals surface area contributed by atoms with Crippen molar-refractivity contribution in [1.29, 1.82) is 5.26 Å². The molecule has 0 spiro atoms. The second-order valence-electron chi connectivity index (χ2n) is 4.38. The zero-order chi connectivity index (χ0) is 14.5. The lowest BCUT2D eigenvalue weighted by molar-refractivity contribution is -0.117. The van der Waals surface area contributed by atoms with Gasteiger partial charge in [-0.2, -0.15) is 5.26 Å². The molecule has 0 radical (unpaired) electrons. The molecule has 0 aliphatic heterocycles. The molecule has 0 bridgehead atoms. The third kappa shape index (κ3) is 3.01. The number of rotatable bonds is 3. The summed E-state index contributed by atoms with van der Waals surface area (Å²) in [6.45, 7) is 0. The van der Waals surface area contributed by atoms with Crippen molar-refractivity contribution < 1.29 is 9.18 Å². The Morgan fingerprint density at radius 3 is 2.45 bits per heavy atom. The maximum absolute atomic E-state index is 13.5. The Kier molecular flexibility index (Phi) is 4.11. The fourth-order valence-corrected chi connectivity index (χ4v) is 1.83. The number of hydrogen-bond donors (Lipinski definition) is 0. The van der Waals surface area contributed by atoms with E-state index >= 15 is 0 Å². The highest BCUT2D eigenvalue weighted by molar-refractivity contribution is 5.94. The molecule has 0 fully saturated rings. The van der Waals surface area contributed by atoms with Gasteiger partial charge in [0.25, 0.3) is 0 Å². The van der Waals surface area contributed by atoms with Gasteiger partial charge >= 0.3 is 0 Å². The van der Waals surface area contributed by atoms with Crippen molar-refractivity contribution in [1.82, 2.24) is 0 Å². The molecule has 1 amide bonds. The summed E-state index contributed by atoms with van der Waals surface area (Å²) < 4.78 is 13.5. The molecular formula is C16H13FN2O. The largest absolute Gasteiger partial charge is 0.315 e. The maximum atomic E-state index is 13.5. The lowest BCUT2D eigenvalue weighted by Crippen LogP contribution is -2.28. The van der Waals surface area contributed by atoms with Crippen LogP contribution in [-0.2, 0) is 11.2 Å². The first-order valence-electron chi connectivity index (χ1n) is 6.12. The van der Waals surface area contributed by atoms with Crippen LogP contribution in [-0.4, -0.2) is 13.0 Å². The van der Waals surface area contributed by atoms with E-state index in [-0.39, 0.29) is 18.1 Å². The lowest BCUT2D eigenvalue weighted by Gasteiger charge is -2.17. The monoisotopic (exact) mass is 268 g/mol. The molecule has 0 aliphatic rings. The Balaban J connectivity index is 2.12. The molecule has 2 rings (SSSR count). The lowest BCUT2D eigenvalue weighted by atomic mass is 10.1. The van der Waals surface area contributed by atoms with Crippen LogP contribution in [0.3, 0.4) is 0 Å². The van der Waals surface area contributed by atoms with Crippen molar-refractivity contribution in [3.05, 3.63) is 65.5 Å². The number of nitrogens with zero attached hydrogens (tertiary/aromatic N) is 2. The Bertz CT molecular complexity index is 659. The minimum atomic E-state index is -0.380. The van der Waals surface area contributed by atoms with Gasteiger partial charge in [-0.15, -0.1) is 0 Å². The highest BCUT2D eigenvalue weighted by Crippen LogP contribution is 2.16. The Morgan fingerprint density at radius 2 is 1.85 bits per heavy atom. The van der Waals surface area contributed by atoms with Gasteiger partial charge in [-0.05, 0) is 35.9 Å². The number of likely N-dealkylation sites (N-methyl/N-ethyl adjacent to an activating group) is 1. The molecule has 0 saturated heterocycles. The standard InChI is InChI=1S/C16H13FN2O/c1-19(14-8-6-12(11-18)7-9-14)16(20)10-13-4-2-3-5-15(13)17/h2-9H,10H2,1H3. The van der Waals surface area contributed by atoms with Gasteiger partial charge < -0.3 is 4.90 Å². The zero-order valence-electron chi connectivity index (χ0n) is 11.0. The molecule has 4 heteroatoms. The maximum Gasteiger partial charge on any atom is 0.231 e. The van der Waals surface area contributed by atoms with Gasteiger partial charge in [0.2, 0.25) is 5.91 Å². The van der Waals surface area contributed by atoms with Crippen LogP contribution in [0.15, 0.2) is 48.5 Å². The van der Waals surface area contributed by atoms with Gasteiger partial charge in [0.05, 0.1) is 18.1 Å². The van der Waals surface area contributed by atoms with Crippen molar-refractivity contribution in [2.45, 2.75) is 6.42 Å². The average molecular weight is 268 g/mol. The van der Waals surface area contributed by atoms with E-state index in [0.29, 0.717) is 16.8 Å². The molecule has 0 N–H and O–H groups in total. The van der Waals surface area contributed by atoms with Crippen LogP contribution in [0, 0.1) is 17.1 Å². The summed E-state index contributed by atoms with van der Waals surface area (Å²) in [5.41, 5.74) is 1.58. The van der Waals surface area contributed by atoms with E-state index in [1.165, 1.54) is 11.0 Å². The molecule has 0 saturated carbocycles. The van der Waals surface area contributed by atoms with Gasteiger partial charge in [0.15, 0.2) is 0 Å². The van der Waals surface area contributed by atoms with Crippen LogP contribution >= 0.6 is 0 Å². The van der Waals surface area contributed by atoms with Gasteiger partial charge in [-0.3, -0.25) is 4.79 Å². The summed E-state index contributed by atoms with van der Waals surface area (Å²) >= 11 is 0. The number of nitriles is 1. The summed E-state index contributed by atoms with van der Waals surface area (Å²) in [5.74, 6) is -0.589. The van der Waals surface area contributed by atoms with E-state index < -0.39 is 0 Å². The van der Waals surface area contributed by atoms with E-state index in [1.54, 1.807) is 49.5 Å². The van der Waals surface area contributed by atoms with Crippen LogP contribution in [0.25, 0.3) is 0 Å². The summed E-state index contributed by atoms with van der Waals surface area (Å²) in [4.78, 5) is 13.6. The molecule has 0 atom stereocenters. The topological polar surface area (TPSA) is 44.1 Å². The number of hydrogen-bond acceptors (Lipinski definition) is 2. The molecule has 0 aromatic heterocycles. The number of halogens is 1. The summed E-state index contributed by atoms with van der Waals surface area (Å²) in [7, 11) is 1.63. The number of benzene rings is 2. The smallest absolute Gasteiger partial charge is 0.231 e. The first-order valence-corrected chi connectivity index (χ1v) is 6.12. The minimum Gasteiger partial charge on any atom is -0.315 e. The molecule has 2 aromatic rings. The third-order valence-corrected chi connectivity index (χ3v) is 3.06. The van der Waals surface area contributed by atoms with Crippen LogP contribution in [0.4, 0.5) is 10.1 Å². The van der Waals surface area contributed by atoms with Gasteiger partial charge in [-0.25, -0.2) is 4.39 Å². The molecule has 0 heterocycles. The van der Waals surface area contributed by atoms with E-state index in [4.69, 9.17) is 5.26 Å². The van der Waals surface area contributed by atoms with Crippen molar-refractivity contribution >= 4 is 11.6 Å². The Morgan fingerprint density at radius 1 is 1.20 bits per heavy atom. The van der Waals surface area contributed by atoms with Crippen molar-refractivity contribution in [2.24, 2.45) is 0 Å². The first-order chi connectivity index (χ1) is 9.61. The first kappa shape index (κ1) is 13.8. The number of carbonyl (C=O) groups excluding carboxylic acids is 1. The van der Waals surface area contributed by atoms with E-state index in [2.05, 4.69) is 0 Å². The van der Waals surface area contributed by atoms with Crippen molar-refractivity contribution in [3.8, 4) is 6.07 Å². The Hall–Kier alpha value is -2.67. The fraction of sp³-hybridized carbons (Fsp3) is 0.125. The predicted molar refractivity (Wildman–Crippen MR) is 74.7 cm³/mol. The summed E-state index contributed by atoms with van der Waals surface area (Å²) in [6, 6.07) is 14.9. The van der Waals surface area contributed by atoms with Gasteiger partial charge in [0, 0.05) is 12.7 Å². The van der Waals surface area contributed by atoms with Crippen LogP contribution in [0.5, 0.6) is 0 Å². The van der Waals surface area contributed by atoms with E-state index in [9.17, 15) is 9.18 Å². The van der Waals surface area contributed by atoms with E-state index in [1.807, 2.05) is 6.07 Å². The minimum absolute atomic E-state index is 0.00315. The molecule has 20 heavy (non-hydrogen) atoms. The summed E-state index contributed by atoms with van der Waals surface area (Å²) in [5, 5.41) is 8.73. The molecule has 3 nitrogen and oxygen atoms in total. The SMILES string of the molecule is CN(C(=O)Cc1ccccc1F)c1ccc(C#N)cc1. The number of carbonyl (C=O) groups is 1. The normalized spacial score (nSPS) is 9.85. The van der Waals surface area contributed by atoms with E-state index in [0.717, 1.165) is 0 Å². The van der Waals surface area contributed by atoms with Crippen LogP contribution in [0.2, 0.25) is 0 Å². The molecule has 100 valence electrons. The second kappa shape index (κ2) is 5.98.